The molecule has 24 heavy (non-hydrogen) atoms. The van der Waals surface area contributed by atoms with E-state index in [1.165, 1.54) is 0 Å². The van der Waals surface area contributed by atoms with Crippen LogP contribution in [0.25, 0.3) is 0 Å². The molecule has 2 fully saturated rings. The fourth-order valence-electron chi connectivity index (χ4n) is 3.53. The summed E-state index contributed by atoms with van der Waals surface area (Å²) in [4.78, 5) is 16.9. The highest BCUT2D eigenvalue weighted by molar-refractivity contribution is 5.93. The molecule has 0 aromatic carbocycles. The van der Waals surface area contributed by atoms with Gasteiger partial charge in [0.2, 0.25) is 0 Å². The van der Waals surface area contributed by atoms with Crippen LogP contribution in [0.4, 0.5) is 5.82 Å². The first-order valence-corrected chi connectivity index (χ1v) is 8.22. The van der Waals surface area contributed by atoms with E-state index in [4.69, 9.17) is 4.74 Å². The number of hydrogen-bond donors (Lipinski definition) is 0. The highest BCUT2D eigenvalue weighted by Gasteiger charge is 2.42. The average molecular weight is 327 g/mol. The number of nitrogens with zero attached hydrogens (tertiary/aromatic N) is 5. The van der Waals surface area contributed by atoms with Gasteiger partial charge in [-0.25, -0.2) is 0 Å². The maximum atomic E-state index is 12.8. The zero-order valence-corrected chi connectivity index (χ0v) is 13.9. The van der Waals surface area contributed by atoms with Crippen molar-refractivity contribution in [1.29, 1.82) is 0 Å². The highest BCUT2D eigenvalue weighted by Crippen LogP contribution is 2.27. The number of rotatable bonds is 2. The molecule has 0 unspecified atom stereocenters. The van der Waals surface area contributed by atoms with Gasteiger partial charge in [-0.1, -0.05) is 0 Å². The Kier molecular flexibility index (Phi) is 3.72. The van der Waals surface area contributed by atoms with Gasteiger partial charge in [0, 0.05) is 32.9 Å². The van der Waals surface area contributed by atoms with Crippen molar-refractivity contribution in [3.63, 3.8) is 0 Å². The van der Waals surface area contributed by atoms with Gasteiger partial charge in [0.15, 0.2) is 5.82 Å². The van der Waals surface area contributed by atoms with Crippen LogP contribution in [-0.4, -0.2) is 64.0 Å². The van der Waals surface area contributed by atoms with Crippen molar-refractivity contribution in [2.45, 2.75) is 19.1 Å². The monoisotopic (exact) mass is 327 g/mol. The number of morpholine rings is 1. The van der Waals surface area contributed by atoms with E-state index in [2.05, 4.69) is 15.1 Å². The summed E-state index contributed by atoms with van der Waals surface area (Å²) >= 11 is 0. The Morgan fingerprint density at radius 3 is 2.83 bits per heavy atom. The lowest BCUT2D eigenvalue weighted by molar-refractivity contribution is 0.0298. The zero-order valence-electron chi connectivity index (χ0n) is 13.9. The van der Waals surface area contributed by atoms with Crippen molar-refractivity contribution in [3.8, 4) is 0 Å². The van der Waals surface area contributed by atoms with Gasteiger partial charge in [-0.2, -0.15) is 5.10 Å². The summed E-state index contributed by atoms with van der Waals surface area (Å²) in [5.41, 5.74) is 1.60. The molecule has 0 saturated carbocycles. The molecule has 0 spiro atoms. The molecule has 4 rings (SSSR count). The Morgan fingerprint density at radius 2 is 2.12 bits per heavy atom. The molecular weight excluding hydrogens is 306 g/mol. The number of amides is 1. The zero-order chi connectivity index (χ0) is 16.7. The SMILES string of the molecule is Cc1ccc(N2CCO[C@H]3CN(C(=O)c4cccn4C)C[C@H]32)nn1. The van der Waals surface area contributed by atoms with Gasteiger partial charge < -0.3 is 19.1 Å². The number of likely N-dealkylation sites (tertiary alicyclic amines) is 1. The number of aromatic nitrogens is 3. The predicted octanol–water partition coefficient (Wildman–Crippen LogP) is 0.853. The van der Waals surface area contributed by atoms with Crippen molar-refractivity contribution >= 4 is 11.7 Å². The normalized spacial score (nSPS) is 23.4. The average Bonchev–Trinajstić information content (AvgIpc) is 3.20. The number of carbonyl (C=O) groups is 1. The third-order valence-electron chi connectivity index (χ3n) is 4.83. The summed E-state index contributed by atoms with van der Waals surface area (Å²) in [5.74, 6) is 0.905. The number of anilines is 1. The molecule has 7 nitrogen and oxygen atoms in total. The van der Waals surface area contributed by atoms with E-state index in [0.717, 1.165) is 18.1 Å². The second-order valence-corrected chi connectivity index (χ2v) is 6.42. The molecule has 2 aliphatic rings. The van der Waals surface area contributed by atoms with Gasteiger partial charge in [-0.15, -0.1) is 5.10 Å². The maximum absolute atomic E-state index is 12.8. The Hall–Kier alpha value is -2.41. The molecule has 0 aliphatic carbocycles. The Labute approximate surface area is 140 Å². The van der Waals surface area contributed by atoms with E-state index in [1.807, 2.05) is 53.9 Å². The van der Waals surface area contributed by atoms with Gasteiger partial charge in [-0.05, 0) is 31.2 Å². The third-order valence-corrected chi connectivity index (χ3v) is 4.83. The van der Waals surface area contributed by atoms with Crippen LogP contribution >= 0.6 is 0 Å². The van der Waals surface area contributed by atoms with E-state index in [0.29, 0.717) is 25.4 Å². The van der Waals surface area contributed by atoms with E-state index in [1.54, 1.807) is 0 Å². The van der Waals surface area contributed by atoms with Crippen LogP contribution < -0.4 is 4.90 Å². The number of fused-ring (bicyclic) bond motifs is 1. The maximum Gasteiger partial charge on any atom is 0.270 e. The van der Waals surface area contributed by atoms with Crippen molar-refractivity contribution in [2.75, 3.05) is 31.1 Å². The van der Waals surface area contributed by atoms with Crippen LogP contribution in [-0.2, 0) is 11.8 Å². The van der Waals surface area contributed by atoms with Crippen LogP contribution in [0.3, 0.4) is 0 Å². The second kappa shape index (κ2) is 5.90. The fourth-order valence-corrected chi connectivity index (χ4v) is 3.53. The Balaban J connectivity index is 1.55. The molecule has 2 aromatic rings. The number of carbonyl (C=O) groups excluding carboxylic acids is 1. The van der Waals surface area contributed by atoms with E-state index >= 15 is 0 Å². The molecule has 2 saturated heterocycles. The quantitative estimate of drug-likeness (QED) is 0.818. The first-order valence-electron chi connectivity index (χ1n) is 8.22. The van der Waals surface area contributed by atoms with Gasteiger partial charge in [0.25, 0.3) is 5.91 Å². The third kappa shape index (κ3) is 2.54. The first-order chi connectivity index (χ1) is 11.6. The van der Waals surface area contributed by atoms with Crippen molar-refractivity contribution < 1.29 is 9.53 Å². The molecule has 0 bridgehead atoms. The fraction of sp³-hybridized carbons (Fsp3) is 0.471. The molecule has 4 heterocycles. The van der Waals surface area contributed by atoms with Gasteiger partial charge in [0.1, 0.15) is 5.69 Å². The number of hydrogen-bond acceptors (Lipinski definition) is 5. The van der Waals surface area contributed by atoms with Crippen LogP contribution in [0.1, 0.15) is 16.2 Å². The summed E-state index contributed by atoms with van der Waals surface area (Å²) in [6.07, 6.45) is 1.91. The largest absolute Gasteiger partial charge is 0.372 e. The summed E-state index contributed by atoms with van der Waals surface area (Å²) in [6.45, 7) is 4.59. The van der Waals surface area contributed by atoms with E-state index < -0.39 is 0 Å². The molecular formula is C17H21N5O2. The minimum absolute atomic E-state index is 0.0195. The molecule has 2 aliphatic heterocycles. The molecule has 126 valence electrons. The van der Waals surface area contributed by atoms with E-state index in [-0.39, 0.29) is 18.1 Å². The minimum Gasteiger partial charge on any atom is -0.372 e. The predicted molar refractivity (Wildman–Crippen MR) is 89.0 cm³/mol. The standard InChI is InChI=1S/C17H21N5O2/c1-12-5-6-16(19-18-12)22-8-9-24-15-11-21(10-14(15)22)17(23)13-4-3-7-20(13)2/h3-7,14-15H,8-11H2,1-2H3/t14-,15+/m1/s1. The van der Waals surface area contributed by atoms with Crippen molar-refractivity contribution in [3.05, 3.63) is 41.9 Å². The Morgan fingerprint density at radius 1 is 1.25 bits per heavy atom. The van der Waals surface area contributed by atoms with Crippen LogP contribution in [0, 0.1) is 6.92 Å². The Bertz CT molecular complexity index is 742. The highest BCUT2D eigenvalue weighted by atomic mass is 16.5. The summed E-state index contributed by atoms with van der Waals surface area (Å²) in [5, 5.41) is 8.47. The molecule has 1 amide bonds. The molecule has 2 aromatic heterocycles. The number of ether oxygens (including phenoxy) is 1. The molecule has 0 N–H and O–H groups in total. The summed E-state index contributed by atoms with van der Waals surface area (Å²) in [7, 11) is 1.89. The molecule has 0 radical (unpaired) electrons. The summed E-state index contributed by atoms with van der Waals surface area (Å²) in [6, 6.07) is 7.83. The minimum atomic E-state index is 0.0195. The summed E-state index contributed by atoms with van der Waals surface area (Å²) < 4.78 is 7.77. The van der Waals surface area contributed by atoms with Gasteiger partial charge in [-0.3, -0.25) is 4.79 Å². The topological polar surface area (TPSA) is 63.5 Å². The van der Waals surface area contributed by atoms with Crippen LogP contribution in [0.5, 0.6) is 0 Å². The van der Waals surface area contributed by atoms with Crippen molar-refractivity contribution in [1.82, 2.24) is 19.7 Å². The lowest BCUT2D eigenvalue weighted by Gasteiger charge is -2.37. The van der Waals surface area contributed by atoms with Crippen LogP contribution in [0.15, 0.2) is 30.5 Å². The second-order valence-electron chi connectivity index (χ2n) is 6.42. The lowest BCUT2D eigenvalue weighted by Crippen LogP contribution is -2.51. The van der Waals surface area contributed by atoms with Gasteiger partial charge in [0.05, 0.1) is 24.4 Å². The molecule has 2 atom stereocenters. The number of aryl methyl sites for hydroxylation is 2. The first kappa shape index (κ1) is 15.1. The van der Waals surface area contributed by atoms with E-state index in [9.17, 15) is 4.79 Å². The molecule has 7 heteroatoms. The van der Waals surface area contributed by atoms with Crippen LogP contribution in [0.2, 0.25) is 0 Å². The lowest BCUT2D eigenvalue weighted by atomic mass is 10.1. The smallest absolute Gasteiger partial charge is 0.270 e. The van der Waals surface area contributed by atoms with Crippen molar-refractivity contribution in [2.24, 2.45) is 7.05 Å². The van der Waals surface area contributed by atoms with Gasteiger partial charge >= 0.3 is 0 Å².